The first kappa shape index (κ1) is 17.6. The lowest BCUT2D eigenvalue weighted by Gasteiger charge is -2.48. The molecule has 6 nitrogen and oxygen atoms in total. The number of nitrogens with two attached hydrogens (primary N) is 1. The number of amides is 1. The minimum absolute atomic E-state index is 0.00421. The number of fused-ring (bicyclic) bond motifs is 3. The molecule has 3 heterocycles. The van der Waals surface area contributed by atoms with Gasteiger partial charge in [0.2, 0.25) is 5.91 Å². The van der Waals surface area contributed by atoms with Gasteiger partial charge in [-0.15, -0.1) is 0 Å². The maximum atomic E-state index is 12.4. The zero-order chi connectivity index (χ0) is 18.4. The molecule has 3 aliphatic rings. The summed E-state index contributed by atoms with van der Waals surface area (Å²) in [4.78, 5) is 16.9. The Morgan fingerprint density at radius 3 is 2.54 bits per heavy atom. The maximum absolute atomic E-state index is 12.4. The van der Waals surface area contributed by atoms with Crippen molar-refractivity contribution in [3.05, 3.63) is 23.3 Å². The molecule has 6 heteroatoms. The fraction of sp³-hybridized carbons (Fsp3) is 0.650. The van der Waals surface area contributed by atoms with E-state index in [2.05, 4.69) is 24.0 Å². The molecule has 0 aliphatic carbocycles. The van der Waals surface area contributed by atoms with Gasteiger partial charge >= 0.3 is 0 Å². The Kier molecular flexibility index (Phi) is 4.57. The van der Waals surface area contributed by atoms with Crippen LogP contribution in [0.3, 0.4) is 0 Å². The van der Waals surface area contributed by atoms with Crippen LogP contribution >= 0.6 is 0 Å². The molecule has 26 heavy (non-hydrogen) atoms. The monoisotopic (exact) mass is 359 g/mol. The van der Waals surface area contributed by atoms with Gasteiger partial charge in [0, 0.05) is 38.1 Å². The second kappa shape index (κ2) is 6.74. The number of piperidine rings is 1. The largest absolute Gasteiger partial charge is 0.493 e. The van der Waals surface area contributed by atoms with Crippen molar-refractivity contribution in [2.45, 2.75) is 44.3 Å². The molecule has 2 saturated heterocycles. The number of carbonyl (C=O) groups excluding carboxylic acids is 1. The van der Waals surface area contributed by atoms with Gasteiger partial charge in [0.05, 0.1) is 20.3 Å². The normalized spacial score (nSPS) is 31.5. The molecule has 4 atom stereocenters. The van der Waals surface area contributed by atoms with Crippen LogP contribution in [0.5, 0.6) is 11.5 Å². The van der Waals surface area contributed by atoms with E-state index in [9.17, 15) is 4.79 Å². The van der Waals surface area contributed by atoms with Gasteiger partial charge in [-0.05, 0) is 42.0 Å². The van der Waals surface area contributed by atoms with Crippen molar-refractivity contribution in [2.24, 2.45) is 11.7 Å². The van der Waals surface area contributed by atoms with Gasteiger partial charge in [-0.3, -0.25) is 9.69 Å². The number of benzene rings is 1. The van der Waals surface area contributed by atoms with Crippen LogP contribution < -0.4 is 15.2 Å². The van der Waals surface area contributed by atoms with E-state index >= 15 is 0 Å². The van der Waals surface area contributed by atoms with E-state index < -0.39 is 0 Å². The molecule has 4 rings (SSSR count). The quantitative estimate of drug-likeness (QED) is 0.887. The molecule has 0 radical (unpaired) electrons. The predicted octanol–water partition coefficient (Wildman–Crippen LogP) is 1.57. The molecule has 3 unspecified atom stereocenters. The van der Waals surface area contributed by atoms with E-state index in [0.717, 1.165) is 44.0 Å². The van der Waals surface area contributed by atoms with Gasteiger partial charge in [-0.25, -0.2) is 0 Å². The first-order valence-electron chi connectivity index (χ1n) is 9.55. The Morgan fingerprint density at radius 1 is 1.15 bits per heavy atom. The topological polar surface area (TPSA) is 68.0 Å². The fourth-order valence-corrected chi connectivity index (χ4v) is 4.93. The zero-order valence-corrected chi connectivity index (χ0v) is 15.9. The Labute approximate surface area is 155 Å². The Bertz CT molecular complexity index is 708. The smallest absolute Gasteiger partial charge is 0.223 e. The van der Waals surface area contributed by atoms with E-state index in [-0.39, 0.29) is 18.0 Å². The van der Waals surface area contributed by atoms with Crippen LogP contribution in [0.4, 0.5) is 0 Å². The van der Waals surface area contributed by atoms with Crippen LogP contribution in [0.15, 0.2) is 12.1 Å². The van der Waals surface area contributed by atoms with Crippen molar-refractivity contribution in [1.82, 2.24) is 9.80 Å². The van der Waals surface area contributed by atoms with Crippen molar-refractivity contribution in [1.29, 1.82) is 0 Å². The van der Waals surface area contributed by atoms with Crippen LogP contribution in [0.2, 0.25) is 0 Å². The third-order valence-electron chi connectivity index (χ3n) is 6.28. The molecule has 1 amide bonds. The molecule has 1 aromatic carbocycles. The highest BCUT2D eigenvalue weighted by Crippen LogP contribution is 2.42. The summed E-state index contributed by atoms with van der Waals surface area (Å²) in [6, 6.07) is 4.64. The van der Waals surface area contributed by atoms with Gasteiger partial charge in [0.25, 0.3) is 0 Å². The standard InChI is InChI=1S/C20H29N3O3/c1-12-6-20(24)23(10-12)17-11-22-5-4-13-7-18(25-2)19(26-3)8-14(13)16(22)9-15(17)21/h7-8,12,15-17H,4-6,9-11,21H2,1-3H3/t12?,15?,16-,17?/m1/s1. The van der Waals surface area contributed by atoms with Gasteiger partial charge in [-0.1, -0.05) is 6.92 Å². The number of likely N-dealkylation sites (tertiary alicyclic amines) is 1. The number of carbonyl (C=O) groups is 1. The minimum atomic E-state index is 0.00421. The van der Waals surface area contributed by atoms with Crippen molar-refractivity contribution in [3.63, 3.8) is 0 Å². The predicted molar refractivity (Wildman–Crippen MR) is 99.4 cm³/mol. The van der Waals surface area contributed by atoms with E-state index in [1.165, 1.54) is 11.1 Å². The number of nitrogens with zero attached hydrogens (tertiary/aromatic N) is 2. The van der Waals surface area contributed by atoms with Gasteiger partial charge in [0.1, 0.15) is 0 Å². The average molecular weight is 359 g/mol. The van der Waals surface area contributed by atoms with Gasteiger partial charge < -0.3 is 20.1 Å². The van der Waals surface area contributed by atoms with E-state index in [0.29, 0.717) is 18.4 Å². The van der Waals surface area contributed by atoms with Crippen LogP contribution in [0.1, 0.15) is 36.9 Å². The lowest BCUT2D eigenvalue weighted by atomic mass is 9.83. The second-order valence-electron chi connectivity index (χ2n) is 7.99. The maximum Gasteiger partial charge on any atom is 0.223 e. The Balaban J connectivity index is 1.60. The fourth-order valence-electron chi connectivity index (χ4n) is 4.93. The average Bonchev–Trinajstić information content (AvgIpc) is 2.97. The molecule has 0 spiro atoms. The summed E-state index contributed by atoms with van der Waals surface area (Å²) in [6.45, 7) is 4.84. The molecule has 2 N–H and O–H groups in total. The third kappa shape index (κ3) is 2.85. The summed E-state index contributed by atoms with van der Waals surface area (Å²) in [6.07, 6.45) is 2.51. The first-order chi connectivity index (χ1) is 12.5. The number of hydrogen-bond acceptors (Lipinski definition) is 5. The SMILES string of the molecule is COc1cc2c(cc1OC)[C@H]1CC(N)C(N3CC(C)CC3=O)CN1CC2. The van der Waals surface area contributed by atoms with E-state index in [4.69, 9.17) is 15.2 Å². The summed E-state index contributed by atoms with van der Waals surface area (Å²) in [7, 11) is 3.35. The Hall–Kier alpha value is -1.79. The highest BCUT2D eigenvalue weighted by Gasteiger charge is 2.43. The molecule has 142 valence electrons. The molecule has 0 saturated carbocycles. The summed E-state index contributed by atoms with van der Waals surface area (Å²) in [5.41, 5.74) is 9.20. The van der Waals surface area contributed by atoms with Crippen LogP contribution in [-0.2, 0) is 11.2 Å². The van der Waals surface area contributed by atoms with Crippen molar-refractivity contribution in [3.8, 4) is 11.5 Å². The molecular formula is C20H29N3O3. The lowest BCUT2D eigenvalue weighted by Crippen LogP contribution is -2.60. The van der Waals surface area contributed by atoms with Crippen molar-refractivity contribution >= 4 is 5.91 Å². The summed E-state index contributed by atoms with van der Waals surface area (Å²) >= 11 is 0. The Morgan fingerprint density at radius 2 is 1.88 bits per heavy atom. The summed E-state index contributed by atoms with van der Waals surface area (Å²) in [5, 5.41) is 0. The molecule has 0 aromatic heterocycles. The number of ether oxygens (including phenoxy) is 2. The number of hydrogen-bond donors (Lipinski definition) is 1. The van der Waals surface area contributed by atoms with Crippen LogP contribution in [0.25, 0.3) is 0 Å². The minimum Gasteiger partial charge on any atom is -0.493 e. The molecule has 2 fully saturated rings. The van der Waals surface area contributed by atoms with E-state index in [1.54, 1.807) is 14.2 Å². The molecule has 0 bridgehead atoms. The highest BCUT2D eigenvalue weighted by molar-refractivity contribution is 5.79. The van der Waals surface area contributed by atoms with Gasteiger partial charge in [-0.2, -0.15) is 0 Å². The number of methoxy groups -OCH3 is 2. The van der Waals surface area contributed by atoms with Crippen molar-refractivity contribution in [2.75, 3.05) is 33.9 Å². The zero-order valence-electron chi connectivity index (χ0n) is 15.9. The first-order valence-corrected chi connectivity index (χ1v) is 9.55. The van der Waals surface area contributed by atoms with E-state index in [1.807, 2.05) is 4.90 Å². The summed E-state index contributed by atoms with van der Waals surface area (Å²) in [5.74, 6) is 2.26. The highest BCUT2D eigenvalue weighted by atomic mass is 16.5. The summed E-state index contributed by atoms with van der Waals surface area (Å²) < 4.78 is 11.0. The second-order valence-corrected chi connectivity index (χ2v) is 7.99. The van der Waals surface area contributed by atoms with Crippen LogP contribution in [-0.4, -0.2) is 61.6 Å². The third-order valence-corrected chi connectivity index (χ3v) is 6.28. The van der Waals surface area contributed by atoms with Gasteiger partial charge in [0.15, 0.2) is 11.5 Å². The lowest BCUT2D eigenvalue weighted by molar-refractivity contribution is -0.131. The van der Waals surface area contributed by atoms with Crippen molar-refractivity contribution < 1.29 is 14.3 Å². The molecular weight excluding hydrogens is 330 g/mol. The number of rotatable bonds is 3. The molecule has 1 aromatic rings. The van der Waals surface area contributed by atoms with Crippen LogP contribution in [0, 0.1) is 5.92 Å². The molecule has 3 aliphatic heterocycles.